The molecule has 3 heterocycles. The first-order valence-corrected chi connectivity index (χ1v) is 21.6. The number of carbonyl (C=O) groups is 2. The molecular formula is C48H66N6O8. The summed E-state index contributed by atoms with van der Waals surface area (Å²) in [5.41, 5.74) is 1.83. The number of nitrogens with zero attached hydrogens (tertiary/aromatic N) is 6. The van der Waals surface area contributed by atoms with Gasteiger partial charge in [0.25, 0.3) is 11.1 Å². The molecule has 2 aromatic heterocycles. The van der Waals surface area contributed by atoms with Gasteiger partial charge in [-0.2, -0.15) is 0 Å². The molecule has 62 heavy (non-hydrogen) atoms. The van der Waals surface area contributed by atoms with Crippen molar-refractivity contribution in [2.45, 2.75) is 92.3 Å². The molecule has 0 bridgehead atoms. The summed E-state index contributed by atoms with van der Waals surface area (Å²) in [6, 6.07) is 29.6. The molecule has 1 atom stereocenters. The minimum atomic E-state index is -0.836. The van der Waals surface area contributed by atoms with Gasteiger partial charge in [0.15, 0.2) is 0 Å². The molecule has 5 rings (SSSR count). The number of pyridine rings is 2. The number of ether oxygens (including phenoxy) is 1. The average Bonchev–Trinajstić information content (AvgIpc) is 3.20. The van der Waals surface area contributed by atoms with E-state index in [0.29, 0.717) is 83.3 Å². The van der Waals surface area contributed by atoms with Crippen molar-refractivity contribution < 1.29 is 29.1 Å². The molecular weight excluding hydrogens is 789 g/mol. The Bertz CT molecular complexity index is 2010. The van der Waals surface area contributed by atoms with Gasteiger partial charge >= 0.3 is 11.9 Å². The monoisotopic (exact) mass is 854 g/mol. The van der Waals surface area contributed by atoms with E-state index in [-0.39, 0.29) is 54.7 Å². The van der Waals surface area contributed by atoms with Crippen molar-refractivity contribution in [3.8, 4) is 0 Å². The smallest absolute Gasteiger partial charge is 0.320 e. The van der Waals surface area contributed by atoms with E-state index in [1.54, 1.807) is 12.1 Å². The topological polar surface area (TPSA) is 139 Å². The lowest BCUT2D eigenvalue weighted by molar-refractivity contribution is -0.156. The van der Waals surface area contributed by atoms with Crippen molar-refractivity contribution in [3.63, 3.8) is 0 Å². The number of esters is 1. The van der Waals surface area contributed by atoms with E-state index < -0.39 is 11.6 Å². The molecule has 0 aliphatic carbocycles. The highest BCUT2D eigenvalue weighted by Crippen LogP contribution is 2.28. The van der Waals surface area contributed by atoms with Gasteiger partial charge in [0.2, 0.25) is 0 Å². The van der Waals surface area contributed by atoms with Gasteiger partial charge in [-0.15, -0.1) is 9.46 Å². The molecule has 1 saturated heterocycles. The van der Waals surface area contributed by atoms with Crippen LogP contribution in [0.15, 0.2) is 107 Å². The Morgan fingerprint density at radius 1 is 0.597 bits per heavy atom. The number of carboxylic acids is 1. The predicted molar refractivity (Wildman–Crippen MR) is 239 cm³/mol. The van der Waals surface area contributed by atoms with E-state index in [0.717, 1.165) is 11.1 Å². The van der Waals surface area contributed by atoms with Gasteiger partial charge in [-0.3, -0.25) is 38.8 Å². The molecule has 14 heteroatoms. The number of carboxylic acid groups (broad SMARTS) is 1. The fourth-order valence-corrected chi connectivity index (χ4v) is 7.77. The lowest BCUT2D eigenvalue weighted by atomic mass is 9.82. The van der Waals surface area contributed by atoms with Crippen molar-refractivity contribution in [2.24, 2.45) is 5.41 Å². The third-order valence-electron chi connectivity index (χ3n) is 10.9. The van der Waals surface area contributed by atoms with Gasteiger partial charge in [-0.25, -0.2) is 0 Å². The third-order valence-corrected chi connectivity index (χ3v) is 10.9. The third kappa shape index (κ3) is 15.6. The van der Waals surface area contributed by atoms with Crippen LogP contribution in [0.5, 0.6) is 0 Å². The van der Waals surface area contributed by atoms with Gasteiger partial charge in [0, 0.05) is 90.0 Å². The largest absolute Gasteiger partial charge is 0.481 e. The highest BCUT2D eigenvalue weighted by atomic mass is 16.7. The summed E-state index contributed by atoms with van der Waals surface area (Å²) in [5, 5.41) is 9.82. The second-order valence-corrected chi connectivity index (χ2v) is 18.1. The molecule has 0 radical (unpaired) electrons. The van der Waals surface area contributed by atoms with E-state index in [1.165, 1.54) is 21.6 Å². The number of hydrogen-bond donors (Lipinski definition) is 1. The Balaban J connectivity index is 1.46. The quantitative estimate of drug-likeness (QED) is 0.155. The van der Waals surface area contributed by atoms with Crippen molar-refractivity contribution in [1.82, 2.24) is 29.1 Å². The van der Waals surface area contributed by atoms with Gasteiger partial charge in [-0.05, 0) is 55.9 Å². The van der Waals surface area contributed by atoms with Crippen LogP contribution in [-0.2, 0) is 40.6 Å². The lowest BCUT2D eigenvalue weighted by Gasteiger charge is -2.42. The van der Waals surface area contributed by atoms with Crippen LogP contribution in [-0.4, -0.2) is 117 Å². The maximum absolute atomic E-state index is 13.4. The molecule has 4 aromatic rings. The molecule has 0 amide bonds. The van der Waals surface area contributed by atoms with Crippen LogP contribution in [0.3, 0.4) is 0 Å². The van der Waals surface area contributed by atoms with E-state index in [2.05, 4.69) is 40.4 Å². The zero-order chi connectivity index (χ0) is 44.7. The van der Waals surface area contributed by atoms with Crippen LogP contribution >= 0.6 is 0 Å². The fraction of sp³-hybridized carbons (Fsp3) is 0.500. The van der Waals surface area contributed by atoms with Crippen LogP contribution in [0.4, 0.5) is 0 Å². The SMILES string of the molecule is CC(C)(C)OC(=O)CN1CCN(Cc2cccc(=O)n2OCc2ccccc2)CCN([C@@H](CCC(=O)O)C(C)(C)C)CCN(Cc2cccc(=O)n2OCc2ccccc2)CC1. The molecule has 1 fully saturated rings. The Morgan fingerprint density at radius 2 is 1.03 bits per heavy atom. The standard InChI is InChI=1S/C48H66N6O8/c1-47(2,3)42(23-24-45(57)58)52-31-29-49(33-40-19-13-21-43(55)53(40)60-36-38-15-9-7-10-16-38)25-27-51(35-46(59)62-48(4,5)6)28-26-50(30-32-52)34-41-20-14-22-44(56)54(41)61-37-39-17-11-8-12-18-39/h7-22,42H,23-37H2,1-6H3,(H,57,58)/t42-/m0/s1. The molecule has 336 valence electrons. The van der Waals surface area contributed by atoms with Gasteiger partial charge in [0.05, 0.1) is 17.9 Å². The van der Waals surface area contributed by atoms with Crippen molar-refractivity contribution >= 4 is 11.9 Å². The minimum absolute atomic E-state index is 0.0373. The zero-order valence-corrected chi connectivity index (χ0v) is 37.4. The van der Waals surface area contributed by atoms with Crippen LogP contribution in [0.2, 0.25) is 0 Å². The fourth-order valence-electron chi connectivity index (χ4n) is 7.77. The van der Waals surface area contributed by atoms with Gasteiger partial charge in [0.1, 0.15) is 18.8 Å². The summed E-state index contributed by atoms with van der Waals surface area (Å²) >= 11 is 0. The number of carbonyl (C=O) groups excluding carboxylic acids is 1. The maximum atomic E-state index is 13.4. The minimum Gasteiger partial charge on any atom is -0.481 e. The highest BCUT2D eigenvalue weighted by molar-refractivity contribution is 5.72. The van der Waals surface area contributed by atoms with Gasteiger partial charge in [-0.1, -0.05) is 93.6 Å². The zero-order valence-electron chi connectivity index (χ0n) is 37.4. The van der Waals surface area contributed by atoms with Gasteiger partial charge < -0.3 is 19.5 Å². The Kier molecular flexibility index (Phi) is 17.5. The van der Waals surface area contributed by atoms with Crippen molar-refractivity contribution in [1.29, 1.82) is 0 Å². The van der Waals surface area contributed by atoms with Crippen LogP contribution < -0.4 is 20.8 Å². The van der Waals surface area contributed by atoms with Crippen LogP contribution in [0.1, 0.15) is 76.9 Å². The molecule has 1 aliphatic heterocycles. The van der Waals surface area contributed by atoms with E-state index >= 15 is 0 Å². The second-order valence-electron chi connectivity index (χ2n) is 18.1. The first-order valence-electron chi connectivity index (χ1n) is 21.6. The molecule has 1 N–H and O–H groups in total. The van der Waals surface area contributed by atoms with E-state index in [9.17, 15) is 24.3 Å². The number of hydrogen-bond acceptors (Lipinski definition) is 11. The first-order chi connectivity index (χ1) is 29.5. The summed E-state index contributed by atoms with van der Waals surface area (Å²) in [6.07, 6.45) is 0.509. The van der Waals surface area contributed by atoms with Crippen LogP contribution in [0, 0.1) is 5.41 Å². The Morgan fingerprint density at radius 3 is 1.45 bits per heavy atom. The lowest BCUT2D eigenvalue weighted by Crippen LogP contribution is -2.52. The summed E-state index contributed by atoms with van der Waals surface area (Å²) < 4.78 is 8.53. The molecule has 0 unspecified atom stereocenters. The summed E-state index contributed by atoms with van der Waals surface area (Å²) in [6.45, 7) is 17.9. The molecule has 0 saturated carbocycles. The Hall–Kier alpha value is -5.28. The second kappa shape index (κ2) is 22.7. The predicted octanol–water partition coefficient (Wildman–Crippen LogP) is 4.81. The number of aliphatic carboxylic acids is 1. The maximum Gasteiger partial charge on any atom is 0.320 e. The normalized spacial score (nSPS) is 16.2. The van der Waals surface area contributed by atoms with Crippen LogP contribution in [0.25, 0.3) is 0 Å². The Labute approximate surface area is 366 Å². The molecule has 14 nitrogen and oxygen atoms in total. The summed E-state index contributed by atoms with van der Waals surface area (Å²) in [7, 11) is 0. The van der Waals surface area contributed by atoms with Crippen molar-refractivity contribution in [3.05, 3.63) is 140 Å². The highest BCUT2D eigenvalue weighted by Gasteiger charge is 2.32. The van der Waals surface area contributed by atoms with Crippen molar-refractivity contribution in [2.75, 3.05) is 58.9 Å². The molecule has 2 aromatic carbocycles. The summed E-state index contributed by atoms with van der Waals surface area (Å²) in [5.74, 6) is -1.16. The number of rotatable bonds is 16. The summed E-state index contributed by atoms with van der Waals surface area (Å²) in [4.78, 5) is 73.1. The van der Waals surface area contributed by atoms with E-state index in [4.69, 9.17) is 14.4 Å². The number of aromatic nitrogens is 2. The first kappa shape index (κ1) is 47.8. The average molecular weight is 855 g/mol. The molecule has 0 spiro atoms. The molecule has 1 aliphatic rings. The van der Waals surface area contributed by atoms with E-state index in [1.807, 2.05) is 93.6 Å². The number of benzene rings is 2.